The lowest BCUT2D eigenvalue weighted by atomic mass is 10.0. The first kappa shape index (κ1) is 17.9. The van der Waals surface area contributed by atoms with Crippen molar-refractivity contribution in [1.82, 2.24) is 10.2 Å². The zero-order valence-corrected chi connectivity index (χ0v) is 14.8. The van der Waals surface area contributed by atoms with Crippen molar-refractivity contribution >= 4 is 0 Å². The van der Waals surface area contributed by atoms with Crippen LogP contribution in [0.5, 0.6) is 0 Å². The highest BCUT2D eigenvalue weighted by atomic mass is 16.5. The first-order valence-corrected chi connectivity index (χ1v) is 9.09. The van der Waals surface area contributed by atoms with E-state index in [9.17, 15) is 0 Å². The van der Waals surface area contributed by atoms with Crippen LogP contribution in [0.3, 0.4) is 0 Å². The third kappa shape index (κ3) is 5.53. The second-order valence-corrected chi connectivity index (χ2v) is 6.70. The second kappa shape index (κ2) is 9.52. The summed E-state index contributed by atoms with van der Waals surface area (Å²) < 4.78 is 5.94. The summed E-state index contributed by atoms with van der Waals surface area (Å²) in [5, 5.41) is 3.64. The van der Waals surface area contributed by atoms with Crippen LogP contribution < -0.4 is 5.32 Å². The van der Waals surface area contributed by atoms with Gasteiger partial charge in [-0.25, -0.2) is 0 Å². The molecule has 0 radical (unpaired) electrons. The smallest absolute Gasteiger partial charge is 0.0717 e. The normalized spacial score (nSPS) is 21.1. The van der Waals surface area contributed by atoms with Gasteiger partial charge in [0.2, 0.25) is 0 Å². The van der Waals surface area contributed by atoms with E-state index in [0.717, 1.165) is 32.7 Å². The number of hydrogen-bond acceptors (Lipinski definition) is 3. The van der Waals surface area contributed by atoms with E-state index in [-0.39, 0.29) is 0 Å². The van der Waals surface area contributed by atoms with Crippen LogP contribution in [0.2, 0.25) is 0 Å². The Balaban J connectivity index is 1.53. The molecule has 3 rings (SSSR count). The monoisotopic (exact) mass is 336 g/mol. The van der Waals surface area contributed by atoms with Crippen LogP contribution in [0.4, 0.5) is 0 Å². The van der Waals surface area contributed by atoms with Crippen molar-refractivity contribution in [2.24, 2.45) is 0 Å². The first-order chi connectivity index (χ1) is 12.3. The average molecular weight is 336 g/mol. The number of hydrogen-bond donors (Lipinski definition) is 1. The molecule has 1 fully saturated rings. The molecule has 2 aromatic carbocycles. The molecule has 0 saturated carbocycles. The molecule has 1 heterocycles. The van der Waals surface area contributed by atoms with Crippen molar-refractivity contribution in [1.29, 1.82) is 0 Å². The van der Waals surface area contributed by atoms with E-state index in [1.807, 2.05) is 12.1 Å². The van der Waals surface area contributed by atoms with Crippen LogP contribution in [0.15, 0.2) is 73.3 Å². The van der Waals surface area contributed by atoms with Crippen molar-refractivity contribution in [3.8, 4) is 0 Å². The molecule has 2 unspecified atom stereocenters. The van der Waals surface area contributed by atoms with Crippen LogP contribution >= 0.6 is 0 Å². The lowest BCUT2D eigenvalue weighted by molar-refractivity contribution is 0.0506. The predicted octanol–water partition coefficient (Wildman–Crippen LogP) is 3.62. The topological polar surface area (TPSA) is 24.5 Å². The lowest BCUT2D eigenvalue weighted by Crippen LogP contribution is -2.57. The third-order valence-electron chi connectivity index (χ3n) is 4.71. The molecular weight excluding hydrogens is 308 g/mol. The highest BCUT2D eigenvalue weighted by Gasteiger charge is 2.27. The van der Waals surface area contributed by atoms with Gasteiger partial charge in [-0.05, 0) is 17.5 Å². The molecule has 1 saturated heterocycles. The summed E-state index contributed by atoms with van der Waals surface area (Å²) in [6.45, 7) is 8.30. The van der Waals surface area contributed by atoms with Gasteiger partial charge in [0.1, 0.15) is 0 Å². The standard InChI is InChI=1S/C22H28N2O/c1-2-9-22-14-23-21(18-25-17-20-12-7-4-8-13-20)16-24(22)15-19-10-5-3-6-11-19/h2-8,10-13,21-23H,1,9,14-18H2. The fraction of sp³-hybridized carbons (Fsp3) is 0.364. The van der Waals surface area contributed by atoms with E-state index >= 15 is 0 Å². The Morgan fingerprint density at radius 2 is 1.72 bits per heavy atom. The highest BCUT2D eigenvalue weighted by Crippen LogP contribution is 2.16. The minimum Gasteiger partial charge on any atom is -0.375 e. The maximum Gasteiger partial charge on any atom is 0.0717 e. The average Bonchev–Trinajstić information content (AvgIpc) is 2.66. The summed E-state index contributed by atoms with van der Waals surface area (Å²) in [7, 11) is 0. The molecule has 3 heteroatoms. The Bertz CT molecular complexity index is 629. The number of nitrogens with one attached hydrogen (secondary N) is 1. The fourth-order valence-corrected chi connectivity index (χ4v) is 3.37. The van der Waals surface area contributed by atoms with Gasteiger partial charge in [-0.2, -0.15) is 0 Å². The Morgan fingerprint density at radius 1 is 1.04 bits per heavy atom. The van der Waals surface area contributed by atoms with Gasteiger partial charge in [0.25, 0.3) is 0 Å². The molecule has 0 bridgehead atoms. The molecule has 0 aromatic heterocycles. The molecule has 25 heavy (non-hydrogen) atoms. The summed E-state index contributed by atoms with van der Waals surface area (Å²) in [6.07, 6.45) is 3.04. The van der Waals surface area contributed by atoms with Crippen LogP contribution in [-0.4, -0.2) is 36.7 Å². The van der Waals surface area contributed by atoms with Gasteiger partial charge in [0.05, 0.1) is 13.2 Å². The molecule has 1 N–H and O–H groups in total. The van der Waals surface area contributed by atoms with Crippen molar-refractivity contribution in [3.63, 3.8) is 0 Å². The zero-order valence-electron chi connectivity index (χ0n) is 14.8. The van der Waals surface area contributed by atoms with E-state index in [2.05, 4.69) is 71.4 Å². The van der Waals surface area contributed by atoms with Gasteiger partial charge in [0.15, 0.2) is 0 Å². The van der Waals surface area contributed by atoms with Crippen molar-refractivity contribution in [2.45, 2.75) is 31.7 Å². The summed E-state index contributed by atoms with van der Waals surface area (Å²) in [5.41, 5.74) is 2.59. The summed E-state index contributed by atoms with van der Waals surface area (Å²) in [6, 6.07) is 21.9. The highest BCUT2D eigenvalue weighted by molar-refractivity contribution is 5.15. The molecule has 0 amide bonds. The molecular formula is C22H28N2O. The van der Waals surface area contributed by atoms with Crippen molar-refractivity contribution in [3.05, 3.63) is 84.4 Å². The lowest BCUT2D eigenvalue weighted by Gasteiger charge is -2.40. The number of piperazine rings is 1. The van der Waals surface area contributed by atoms with Gasteiger partial charge in [0, 0.05) is 31.7 Å². The molecule has 1 aliphatic heterocycles. The number of rotatable bonds is 8. The predicted molar refractivity (Wildman–Crippen MR) is 103 cm³/mol. The quantitative estimate of drug-likeness (QED) is 0.745. The maximum atomic E-state index is 5.94. The minimum absolute atomic E-state index is 0.369. The molecule has 0 spiro atoms. The summed E-state index contributed by atoms with van der Waals surface area (Å²) >= 11 is 0. The number of benzene rings is 2. The van der Waals surface area contributed by atoms with Crippen LogP contribution in [0.1, 0.15) is 17.5 Å². The Kier molecular flexibility index (Phi) is 6.80. The van der Waals surface area contributed by atoms with Crippen molar-refractivity contribution in [2.75, 3.05) is 19.7 Å². The van der Waals surface area contributed by atoms with E-state index < -0.39 is 0 Å². The molecule has 2 atom stereocenters. The molecule has 132 valence electrons. The van der Waals surface area contributed by atoms with Gasteiger partial charge in [-0.1, -0.05) is 66.7 Å². The molecule has 0 aliphatic carbocycles. The Labute approximate surface area is 151 Å². The zero-order chi connectivity index (χ0) is 17.3. The van der Waals surface area contributed by atoms with Crippen molar-refractivity contribution < 1.29 is 4.74 Å². The van der Waals surface area contributed by atoms with Crippen LogP contribution in [-0.2, 0) is 17.9 Å². The SMILES string of the molecule is C=CCC1CNC(COCc2ccccc2)CN1Cc1ccccc1. The van der Waals surface area contributed by atoms with E-state index in [0.29, 0.717) is 18.7 Å². The number of nitrogens with zero attached hydrogens (tertiary/aromatic N) is 1. The molecule has 1 aliphatic rings. The molecule has 2 aromatic rings. The van der Waals surface area contributed by atoms with E-state index in [4.69, 9.17) is 4.74 Å². The number of ether oxygens (including phenoxy) is 1. The van der Waals surface area contributed by atoms with Gasteiger partial charge in [-0.3, -0.25) is 4.90 Å². The summed E-state index contributed by atoms with van der Waals surface area (Å²) in [4.78, 5) is 2.56. The molecule has 3 nitrogen and oxygen atoms in total. The third-order valence-corrected chi connectivity index (χ3v) is 4.71. The van der Waals surface area contributed by atoms with Crippen LogP contribution in [0.25, 0.3) is 0 Å². The second-order valence-electron chi connectivity index (χ2n) is 6.70. The van der Waals surface area contributed by atoms with E-state index in [1.165, 1.54) is 11.1 Å². The van der Waals surface area contributed by atoms with Gasteiger partial charge in [-0.15, -0.1) is 6.58 Å². The fourth-order valence-electron chi connectivity index (χ4n) is 3.37. The summed E-state index contributed by atoms with van der Waals surface area (Å²) in [5.74, 6) is 0. The van der Waals surface area contributed by atoms with Crippen LogP contribution in [0, 0.1) is 0 Å². The Morgan fingerprint density at radius 3 is 2.40 bits per heavy atom. The first-order valence-electron chi connectivity index (χ1n) is 9.09. The van der Waals surface area contributed by atoms with E-state index in [1.54, 1.807) is 0 Å². The maximum absolute atomic E-state index is 5.94. The van der Waals surface area contributed by atoms with Gasteiger partial charge >= 0.3 is 0 Å². The Hall–Kier alpha value is -1.94. The minimum atomic E-state index is 0.369. The van der Waals surface area contributed by atoms with Gasteiger partial charge < -0.3 is 10.1 Å². The largest absolute Gasteiger partial charge is 0.375 e.